The monoisotopic (exact) mass is 325 g/mol. The molecule has 126 valence electrons. The van der Waals surface area contributed by atoms with Crippen molar-refractivity contribution in [2.45, 2.75) is 32.0 Å². The Labute approximate surface area is 141 Å². The number of aryl methyl sites for hydroxylation is 1. The molecule has 2 aromatic heterocycles. The van der Waals surface area contributed by atoms with Crippen molar-refractivity contribution in [1.29, 1.82) is 0 Å². The predicted molar refractivity (Wildman–Crippen MR) is 92.5 cm³/mol. The zero-order chi connectivity index (χ0) is 16.4. The molecule has 0 amide bonds. The number of benzene rings is 1. The van der Waals surface area contributed by atoms with Gasteiger partial charge in [-0.15, -0.1) is 0 Å². The summed E-state index contributed by atoms with van der Waals surface area (Å²) in [5.41, 5.74) is 2.22. The Bertz CT molecular complexity index is 788. The van der Waals surface area contributed by atoms with Crippen LogP contribution in [0, 0.1) is 0 Å². The Morgan fingerprint density at radius 3 is 2.88 bits per heavy atom. The molecule has 0 N–H and O–H groups in total. The van der Waals surface area contributed by atoms with Gasteiger partial charge >= 0.3 is 0 Å². The highest BCUT2D eigenvalue weighted by molar-refractivity contribution is 5.75. The number of hydrogen-bond acceptors (Lipinski definition) is 4. The van der Waals surface area contributed by atoms with Crippen molar-refractivity contribution in [3.63, 3.8) is 0 Å². The lowest BCUT2D eigenvalue weighted by molar-refractivity contribution is 0.0643. The van der Waals surface area contributed by atoms with Crippen LogP contribution in [0.4, 0.5) is 0 Å². The molecule has 5 heteroatoms. The van der Waals surface area contributed by atoms with E-state index in [1.165, 1.54) is 5.52 Å². The van der Waals surface area contributed by atoms with Gasteiger partial charge in [-0.1, -0.05) is 12.1 Å². The number of furan rings is 1. The third-order valence-electron chi connectivity index (χ3n) is 4.69. The maximum atomic E-state index is 5.83. The zero-order valence-electron chi connectivity index (χ0n) is 14.0. The van der Waals surface area contributed by atoms with Crippen LogP contribution in [0.1, 0.15) is 24.4 Å². The summed E-state index contributed by atoms with van der Waals surface area (Å²) in [4.78, 5) is 7.18. The van der Waals surface area contributed by atoms with E-state index in [4.69, 9.17) is 14.1 Å². The van der Waals surface area contributed by atoms with E-state index in [0.717, 1.165) is 56.2 Å². The van der Waals surface area contributed by atoms with Crippen LogP contribution in [0.3, 0.4) is 0 Å². The maximum Gasteiger partial charge on any atom is 0.123 e. The fourth-order valence-corrected chi connectivity index (χ4v) is 3.42. The van der Waals surface area contributed by atoms with Crippen LogP contribution in [0.5, 0.6) is 0 Å². The van der Waals surface area contributed by atoms with E-state index in [9.17, 15) is 0 Å². The minimum absolute atomic E-state index is 0.314. The zero-order valence-corrected chi connectivity index (χ0v) is 14.0. The van der Waals surface area contributed by atoms with Crippen LogP contribution in [0.15, 0.2) is 47.1 Å². The van der Waals surface area contributed by atoms with Gasteiger partial charge in [-0.2, -0.15) is 0 Å². The Morgan fingerprint density at radius 1 is 1.21 bits per heavy atom. The highest BCUT2D eigenvalue weighted by atomic mass is 16.5. The minimum Gasteiger partial charge on any atom is -0.468 e. The maximum absolute atomic E-state index is 5.83. The summed E-state index contributed by atoms with van der Waals surface area (Å²) < 4.78 is 13.6. The van der Waals surface area contributed by atoms with E-state index in [1.807, 2.05) is 18.2 Å². The molecular weight excluding hydrogens is 302 g/mol. The fourth-order valence-electron chi connectivity index (χ4n) is 3.42. The number of fused-ring (bicyclic) bond motifs is 1. The van der Waals surface area contributed by atoms with Crippen molar-refractivity contribution < 1.29 is 9.15 Å². The lowest BCUT2D eigenvalue weighted by Crippen LogP contribution is -2.32. The molecule has 0 bridgehead atoms. The van der Waals surface area contributed by atoms with Crippen molar-refractivity contribution in [3.05, 3.63) is 54.2 Å². The molecule has 0 aliphatic carbocycles. The average molecular weight is 325 g/mol. The summed E-state index contributed by atoms with van der Waals surface area (Å²) in [6, 6.07) is 12.2. The standard InChI is InChI=1S/C19H23N3O2/c1-21-18-9-3-2-8-17(18)20-19(21)14-22(12-15-6-4-10-23-15)13-16-7-5-11-24-16/h2-4,6,8-10,16H,5,7,11-14H2,1H3/t16-/m1/s1. The molecule has 3 aromatic rings. The molecule has 1 saturated heterocycles. The average Bonchev–Trinajstić information content (AvgIpc) is 3.32. The van der Waals surface area contributed by atoms with E-state index in [1.54, 1.807) is 6.26 Å². The SMILES string of the molecule is Cn1c(CN(Cc2ccco2)C[C@H]2CCCO2)nc2ccccc21. The second-order valence-corrected chi connectivity index (χ2v) is 6.46. The summed E-state index contributed by atoms with van der Waals surface area (Å²) >= 11 is 0. The Morgan fingerprint density at radius 2 is 2.12 bits per heavy atom. The molecule has 0 radical (unpaired) electrons. The first kappa shape index (κ1) is 15.4. The molecule has 0 saturated carbocycles. The lowest BCUT2D eigenvalue weighted by atomic mass is 10.2. The highest BCUT2D eigenvalue weighted by Gasteiger charge is 2.21. The van der Waals surface area contributed by atoms with Crippen LogP contribution >= 0.6 is 0 Å². The molecular formula is C19H23N3O2. The quantitative estimate of drug-likeness (QED) is 0.697. The van der Waals surface area contributed by atoms with Gasteiger partial charge in [0.2, 0.25) is 0 Å². The van der Waals surface area contributed by atoms with Gasteiger partial charge in [0.15, 0.2) is 0 Å². The fraction of sp³-hybridized carbons (Fsp3) is 0.421. The molecule has 1 aliphatic rings. The second kappa shape index (κ2) is 6.79. The summed E-state index contributed by atoms with van der Waals surface area (Å²) in [6.45, 7) is 3.34. The number of ether oxygens (including phenoxy) is 1. The summed E-state index contributed by atoms with van der Waals surface area (Å²) in [5, 5.41) is 0. The van der Waals surface area contributed by atoms with E-state index in [2.05, 4.69) is 34.7 Å². The summed E-state index contributed by atoms with van der Waals surface area (Å²) in [5.74, 6) is 2.05. The Kier molecular flexibility index (Phi) is 4.36. The van der Waals surface area contributed by atoms with Crippen LogP contribution in [-0.2, 0) is 24.9 Å². The van der Waals surface area contributed by atoms with Gasteiger partial charge < -0.3 is 13.7 Å². The smallest absolute Gasteiger partial charge is 0.123 e. The lowest BCUT2D eigenvalue weighted by Gasteiger charge is -2.24. The second-order valence-electron chi connectivity index (χ2n) is 6.46. The number of aromatic nitrogens is 2. The predicted octanol–water partition coefficient (Wildman–Crippen LogP) is 3.35. The van der Waals surface area contributed by atoms with Crippen LogP contribution in [0.2, 0.25) is 0 Å². The van der Waals surface area contributed by atoms with Crippen molar-refractivity contribution in [2.24, 2.45) is 7.05 Å². The van der Waals surface area contributed by atoms with Crippen LogP contribution in [-0.4, -0.2) is 33.7 Å². The summed E-state index contributed by atoms with van der Waals surface area (Å²) in [7, 11) is 2.09. The number of para-hydroxylation sites is 2. The molecule has 1 atom stereocenters. The molecule has 1 aliphatic heterocycles. The van der Waals surface area contributed by atoms with Gasteiger partial charge in [0, 0.05) is 20.2 Å². The first-order chi connectivity index (χ1) is 11.8. The van der Waals surface area contributed by atoms with Gasteiger partial charge in [0.25, 0.3) is 0 Å². The van der Waals surface area contributed by atoms with Crippen molar-refractivity contribution >= 4 is 11.0 Å². The molecule has 0 unspecified atom stereocenters. The third-order valence-corrected chi connectivity index (χ3v) is 4.69. The van der Waals surface area contributed by atoms with Gasteiger partial charge in [0.05, 0.1) is 36.5 Å². The van der Waals surface area contributed by atoms with Gasteiger partial charge in [-0.3, -0.25) is 4.90 Å². The number of hydrogen-bond donors (Lipinski definition) is 0. The topological polar surface area (TPSA) is 43.4 Å². The summed E-state index contributed by atoms with van der Waals surface area (Å²) in [6.07, 6.45) is 4.34. The number of rotatable bonds is 6. The van der Waals surface area contributed by atoms with Crippen molar-refractivity contribution in [1.82, 2.24) is 14.5 Å². The van der Waals surface area contributed by atoms with Gasteiger partial charge in [0.1, 0.15) is 11.6 Å². The third kappa shape index (κ3) is 3.23. The Hall–Kier alpha value is -2.11. The Balaban J connectivity index is 1.55. The molecule has 1 aromatic carbocycles. The first-order valence-electron chi connectivity index (χ1n) is 8.56. The molecule has 24 heavy (non-hydrogen) atoms. The molecule has 5 nitrogen and oxygen atoms in total. The largest absolute Gasteiger partial charge is 0.468 e. The van der Waals surface area contributed by atoms with E-state index < -0.39 is 0 Å². The van der Waals surface area contributed by atoms with E-state index >= 15 is 0 Å². The van der Waals surface area contributed by atoms with E-state index in [-0.39, 0.29) is 0 Å². The molecule has 1 fully saturated rings. The normalized spacial score (nSPS) is 18.0. The van der Waals surface area contributed by atoms with Gasteiger partial charge in [-0.05, 0) is 37.1 Å². The van der Waals surface area contributed by atoms with E-state index in [0.29, 0.717) is 6.10 Å². The molecule has 0 spiro atoms. The minimum atomic E-state index is 0.314. The number of imidazole rings is 1. The highest BCUT2D eigenvalue weighted by Crippen LogP contribution is 2.19. The van der Waals surface area contributed by atoms with Crippen LogP contribution < -0.4 is 0 Å². The van der Waals surface area contributed by atoms with Crippen LogP contribution in [0.25, 0.3) is 11.0 Å². The molecule has 3 heterocycles. The number of nitrogens with zero attached hydrogens (tertiary/aromatic N) is 3. The van der Waals surface area contributed by atoms with Crippen molar-refractivity contribution in [3.8, 4) is 0 Å². The van der Waals surface area contributed by atoms with Gasteiger partial charge in [-0.25, -0.2) is 4.98 Å². The molecule has 4 rings (SSSR count). The first-order valence-corrected chi connectivity index (χ1v) is 8.56. The van der Waals surface area contributed by atoms with Crippen molar-refractivity contribution in [2.75, 3.05) is 13.2 Å².